The van der Waals surface area contributed by atoms with E-state index in [1.54, 1.807) is 36.4 Å². The number of methoxy groups -OCH3 is 3. The molecule has 3 aromatic rings. The first-order chi connectivity index (χ1) is 14.1. The molecule has 0 atom stereocenters. The lowest BCUT2D eigenvalue weighted by molar-refractivity contribution is 0.0616. The zero-order valence-corrected chi connectivity index (χ0v) is 16.1. The molecule has 0 unspecified atom stereocenters. The second-order valence-electron chi connectivity index (χ2n) is 6.30. The number of hydrazone groups is 1. The average molecular weight is 390 g/mol. The number of hydrogen-bond donors (Lipinski definition) is 0. The number of amides is 2. The van der Waals surface area contributed by atoms with E-state index in [-0.39, 0.29) is 0 Å². The molecule has 29 heavy (non-hydrogen) atoms. The molecule has 3 aromatic carbocycles. The molecule has 0 aromatic heterocycles. The number of carbonyl (C=O) groups excluding carboxylic acids is 2. The Kier molecular flexibility index (Phi) is 4.64. The Morgan fingerprint density at radius 1 is 0.793 bits per heavy atom. The Morgan fingerprint density at radius 3 is 1.97 bits per heavy atom. The fourth-order valence-corrected chi connectivity index (χ4v) is 3.47. The van der Waals surface area contributed by atoms with Crippen molar-refractivity contribution < 1.29 is 23.8 Å². The lowest BCUT2D eigenvalue weighted by atomic mass is 9.95. The lowest BCUT2D eigenvalue weighted by Crippen LogP contribution is -2.36. The minimum absolute atomic E-state index is 0.384. The molecule has 1 aliphatic rings. The van der Waals surface area contributed by atoms with Crippen molar-refractivity contribution in [1.82, 2.24) is 5.01 Å². The molecule has 7 heteroatoms. The molecular weight excluding hydrogens is 372 g/mol. The van der Waals surface area contributed by atoms with Gasteiger partial charge in [0.1, 0.15) is 0 Å². The van der Waals surface area contributed by atoms with Crippen LogP contribution in [0.4, 0.5) is 0 Å². The minimum Gasteiger partial charge on any atom is -0.493 e. The van der Waals surface area contributed by atoms with E-state index in [1.807, 2.05) is 12.1 Å². The van der Waals surface area contributed by atoms with Crippen LogP contribution in [0.2, 0.25) is 0 Å². The Hall–Kier alpha value is -3.87. The van der Waals surface area contributed by atoms with E-state index in [4.69, 9.17) is 14.2 Å². The normalized spacial score (nSPS) is 13.3. The predicted molar refractivity (Wildman–Crippen MR) is 108 cm³/mol. The van der Waals surface area contributed by atoms with E-state index < -0.39 is 11.8 Å². The predicted octanol–water partition coefficient (Wildman–Crippen LogP) is 3.50. The Balaban J connectivity index is 1.77. The Bertz CT molecular complexity index is 1120. The average Bonchev–Trinajstić information content (AvgIpc) is 2.76. The van der Waals surface area contributed by atoms with E-state index >= 15 is 0 Å². The van der Waals surface area contributed by atoms with Gasteiger partial charge in [0, 0.05) is 10.9 Å². The van der Waals surface area contributed by atoms with Gasteiger partial charge in [0.05, 0.1) is 38.7 Å². The third kappa shape index (κ3) is 2.87. The first-order valence-corrected chi connectivity index (χ1v) is 8.84. The van der Waals surface area contributed by atoms with Crippen molar-refractivity contribution in [2.24, 2.45) is 5.10 Å². The minimum atomic E-state index is -0.477. The summed E-state index contributed by atoms with van der Waals surface area (Å²) in [6.07, 6.45) is 1.39. The van der Waals surface area contributed by atoms with Crippen molar-refractivity contribution >= 4 is 28.8 Å². The summed E-state index contributed by atoms with van der Waals surface area (Å²) >= 11 is 0. The number of hydrogen-bond acceptors (Lipinski definition) is 6. The highest BCUT2D eigenvalue weighted by atomic mass is 16.5. The van der Waals surface area contributed by atoms with Crippen molar-refractivity contribution in [2.45, 2.75) is 0 Å². The quantitative estimate of drug-likeness (QED) is 0.492. The van der Waals surface area contributed by atoms with Crippen molar-refractivity contribution in [1.29, 1.82) is 0 Å². The molecule has 1 heterocycles. The second kappa shape index (κ2) is 7.27. The zero-order valence-electron chi connectivity index (χ0n) is 16.1. The van der Waals surface area contributed by atoms with Crippen LogP contribution in [0.25, 0.3) is 10.8 Å². The van der Waals surface area contributed by atoms with E-state index in [0.717, 1.165) is 10.4 Å². The number of ether oxygens (including phenoxy) is 3. The van der Waals surface area contributed by atoms with Crippen LogP contribution in [0.5, 0.6) is 17.2 Å². The first-order valence-electron chi connectivity index (χ1n) is 8.84. The van der Waals surface area contributed by atoms with Crippen molar-refractivity contribution in [3.63, 3.8) is 0 Å². The highest BCUT2D eigenvalue weighted by molar-refractivity contribution is 6.25. The van der Waals surface area contributed by atoms with Crippen LogP contribution >= 0.6 is 0 Å². The van der Waals surface area contributed by atoms with Gasteiger partial charge in [-0.05, 0) is 29.7 Å². The van der Waals surface area contributed by atoms with Gasteiger partial charge in [-0.3, -0.25) is 9.59 Å². The highest BCUT2D eigenvalue weighted by Gasteiger charge is 2.32. The highest BCUT2D eigenvalue weighted by Crippen LogP contribution is 2.39. The molecule has 4 rings (SSSR count). The topological polar surface area (TPSA) is 77.4 Å². The molecule has 7 nitrogen and oxygen atoms in total. The van der Waals surface area contributed by atoms with Crippen LogP contribution in [0, 0.1) is 0 Å². The molecule has 0 N–H and O–H groups in total. The second-order valence-corrected chi connectivity index (χ2v) is 6.30. The first kappa shape index (κ1) is 18.5. The summed E-state index contributed by atoms with van der Waals surface area (Å²) in [5, 5.41) is 6.53. The van der Waals surface area contributed by atoms with Crippen LogP contribution in [0.1, 0.15) is 26.3 Å². The molecule has 0 saturated heterocycles. The number of benzene rings is 3. The molecule has 0 fully saturated rings. The van der Waals surface area contributed by atoms with Crippen molar-refractivity contribution in [2.75, 3.05) is 21.3 Å². The SMILES string of the molecule is COc1ccc(/C=N\N2C(=O)c3cccc4cccc(c34)C2=O)c(OC)c1OC. The third-order valence-corrected chi connectivity index (χ3v) is 4.80. The number of rotatable bonds is 5. The lowest BCUT2D eigenvalue weighted by Gasteiger charge is -2.23. The molecule has 146 valence electrons. The van der Waals surface area contributed by atoms with E-state index in [1.165, 1.54) is 27.5 Å². The van der Waals surface area contributed by atoms with Gasteiger partial charge in [-0.2, -0.15) is 10.1 Å². The molecule has 1 aliphatic heterocycles. The molecule has 2 amide bonds. The number of carbonyl (C=O) groups is 2. The maximum atomic E-state index is 12.9. The summed E-state index contributed by atoms with van der Waals surface area (Å²) < 4.78 is 16.0. The fraction of sp³-hybridized carbons (Fsp3) is 0.136. The summed E-state index contributed by atoms with van der Waals surface area (Å²) in [7, 11) is 4.51. The molecule has 0 bridgehead atoms. The summed E-state index contributed by atoms with van der Waals surface area (Å²) in [5.41, 5.74) is 1.41. The van der Waals surface area contributed by atoms with Gasteiger partial charge >= 0.3 is 0 Å². The number of imide groups is 1. The van der Waals surface area contributed by atoms with Crippen LogP contribution in [0.15, 0.2) is 53.6 Å². The smallest absolute Gasteiger partial charge is 0.282 e. The largest absolute Gasteiger partial charge is 0.493 e. The van der Waals surface area contributed by atoms with Crippen LogP contribution in [-0.2, 0) is 0 Å². The van der Waals surface area contributed by atoms with E-state index in [0.29, 0.717) is 39.3 Å². The molecule has 0 spiro atoms. The van der Waals surface area contributed by atoms with Gasteiger partial charge in [0.25, 0.3) is 11.8 Å². The molecule has 0 aliphatic carbocycles. The Labute approximate surface area is 167 Å². The number of nitrogens with zero attached hydrogens (tertiary/aromatic N) is 2. The summed E-state index contributed by atoms with van der Waals surface area (Å²) in [6.45, 7) is 0. The Morgan fingerprint density at radius 2 is 1.41 bits per heavy atom. The maximum Gasteiger partial charge on any atom is 0.282 e. The van der Waals surface area contributed by atoms with Crippen LogP contribution < -0.4 is 14.2 Å². The monoisotopic (exact) mass is 390 g/mol. The molecule has 0 radical (unpaired) electrons. The van der Waals surface area contributed by atoms with E-state index in [2.05, 4.69) is 5.10 Å². The zero-order chi connectivity index (χ0) is 20.5. The van der Waals surface area contributed by atoms with Crippen LogP contribution in [-0.4, -0.2) is 44.4 Å². The van der Waals surface area contributed by atoms with Crippen molar-refractivity contribution in [3.05, 3.63) is 65.2 Å². The summed E-state index contributed by atoms with van der Waals surface area (Å²) in [5.74, 6) is 0.317. The summed E-state index contributed by atoms with van der Waals surface area (Å²) in [6, 6.07) is 14.1. The maximum absolute atomic E-state index is 12.9. The fourth-order valence-electron chi connectivity index (χ4n) is 3.47. The van der Waals surface area contributed by atoms with E-state index in [9.17, 15) is 9.59 Å². The standard InChI is InChI=1S/C22H18N2O5/c1-27-17-11-10-14(19(28-2)20(17)29-3)12-23-24-21(25)15-8-4-6-13-7-5-9-16(18(13)15)22(24)26/h4-12H,1-3H3/b23-12-. The third-order valence-electron chi connectivity index (χ3n) is 4.80. The summed E-state index contributed by atoms with van der Waals surface area (Å²) in [4.78, 5) is 25.9. The van der Waals surface area contributed by atoms with Gasteiger partial charge in [-0.25, -0.2) is 0 Å². The van der Waals surface area contributed by atoms with Gasteiger partial charge in [0.2, 0.25) is 5.75 Å². The van der Waals surface area contributed by atoms with Gasteiger partial charge in [0.15, 0.2) is 11.5 Å². The van der Waals surface area contributed by atoms with Crippen LogP contribution in [0.3, 0.4) is 0 Å². The molecular formula is C22H18N2O5. The molecule has 0 saturated carbocycles. The van der Waals surface area contributed by atoms with Crippen molar-refractivity contribution in [3.8, 4) is 17.2 Å². The van der Waals surface area contributed by atoms with Gasteiger partial charge in [-0.15, -0.1) is 0 Å². The van der Waals surface area contributed by atoms with Gasteiger partial charge in [-0.1, -0.05) is 24.3 Å². The van der Waals surface area contributed by atoms with Gasteiger partial charge < -0.3 is 14.2 Å².